The molecule has 25 nitrogen and oxygen atoms in total. The van der Waals surface area contributed by atoms with Crippen LogP contribution in [0.5, 0.6) is 0 Å². The molecular formula is C35H54N8O17. The van der Waals surface area contributed by atoms with Crippen molar-refractivity contribution in [1.29, 1.82) is 0 Å². The third-order valence-electron chi connectivity index (χ3n) is 8.55. The van der Waals surface area contributed by atoms with Crippen LogP contribution >= 0.6 is 0 Å². The summed E-state index contributed by atoms with van der Waals surface area (Å²) in [5.74, 6) is -13.0. The molecule has 25 heteroatoms. The van der Waals surface area contributed by atoms with Crippen LogP contribution in [-0.2, 0) is 57.5 Å². The number of carbonyl (C=O) groups is 12. The minimum atomic E-state index is -1.70. The Hall–Kier alpha value is -6.53. The largest absolute Gasteiger partial charge is 0.480 e. The molecular weight excluding hydrogens is 804 g/mol. The van der Waals surface area contributed by atoms with Gasteiger partial charge in [-0.1, -0.05) is 0 Å². The highest BCUT2D eigenvalue weighted by atomic mass is 16.4. The van der Waals surface area contributed by atoms with Gasteiger partial charge in [-0.05, 0) is 65.1 Å². The van der Waals surface area contributed by atoms with Gasteiger partial charge in [0.25, 0.3) is 5.91 Å². The molecule has 0 aromatic rings. The van der Waals surface area contributed by atoms with Crippen molar-refractivity contribution < 1.29 is 83.1 Å². The lowest BCUT2D eigenvalue weighted by Gasteiger charge is -2.19. The van der Waals surface area contributed by atoms with Crippen molar-refractivity contribution in [3.8, 4) is 0 Å². The highest BCUT2D eigenvalue weighted by Gasteiger charge is 2.28. The molecule has 0 fully saturated rings. The van der Waals surface area contributed by atoms with Crippen LogP contribution in [0.4, 0.5) is 0 Å². The van der Waals surface area contributed by atoms with Crippen LogP contribution in [0.15, 0.2) is 4.99 Å². The molecule has 12 N–H and O–H groups in total. The van der Waals surface area contributed by atoms with Gasteiger partial charge in [0.15, 0.2) is 0 Å². The van der Waals surface area contributed by atoms with E-state index in [1.54, 1.807) is 7.05 Å². The number of amides is 7. The van der Waals surface area contributed by atoms with E-state index in [-0.39, 0.29) is 25.8 Å². The second kappa shape index (κ2) is 28.8. The molecule has 0 aliphatic carbocycles. The van der Waals surface area contributed by atoms with E-state index in [0.29, 0.717) is 19.3 Å². The second-order valence-electron chi connectivity index (χ2n) is 13.3. The number of nitrogens with one attached hydrogen (secondary N) is 7. The van der Waals surface area contributed by atoms with Crippen molar-refractivity contribution >= 4 is 77.9 Å². The first kappa shape index (κ1) is 53.5. The number of carbonyl (C=O) groups excluding carboxylic acids is 7. The maximum absolute atomic E-state index is 12.5. The Morgan fingerprint density at radius 3 is 1.02 bits per heavy atom. The standard InChI is InChI=1S/C35H54N8O17/c1-18(44)39-20(31(51)52)8-13-26(46)41-22(33(55)56)10-15-28(48)43-24(35(59)60)11-16-29(49)42-23(34(57)58)9-14-27(47)40-21(32(53)54)7-12-25(45)38-17-5-4-6-19(36-2)30(50)37-3/h19-24,36H,3-17H2,1-2H3,(H,38,45)(H,39,44)(H,40,47)(H,41,46)(H,42,49)(H,43,48)(H,51,52)(H,53,54)(H,55,56)(H,57,58)(H,59,60)/t19-,20-,21-,22-,23-,24-/m0/s1. The zero-order valence-electron chi connectivity index (χ0n) is 33.2. The number of carboxylic acid groups (broad SMARTS) is 5. The summed E-state index contributed by atoms with van der Waals surface area (Å²) in [7, 11) is 1.60. The van der Waals surface area contributed by atoms with Gasteiger partial charge in [0, 0.05) is 45.6 Å². The third kappa shape index (κ3) is 23.6. The fourth-order valence-electron chi connectivity index (χ4n) is 5.27. The first-order chi connectivity index (χ1) is 28.1. The Morgan fingerprint density at radius 1 is 0.450 bits per heavy atom. The van der Waals surface area contributed by atoms with E-state index in [2.05, 4.69) is 48.9 Å². The Morgan fingerprint density at radius 2 is 0.750 bits per heavy atom. The number of likely N-dealkylation sites (N-methyl/N-ethyl adjacent to an activating group) is 1. The van der Waals surface area contributed by atoms with Crippen LogP contribution < -0.4 is 37.2 Å². The van der Waals surface area contributed by atoms with Crippen molar-refractivity contribution in [2.24, 2.45) is 4.99 Å². The van der Waals surface area contributed by atoms with Gasteiger partial charge in [0.1, 0.15) is 30.2 Å². The Balaban J connectivity index is 4.93. The molecule has 0 aromatic carbocycles. The van der Waals surface area contributed by atoms with Crippen molar-refractivity contribution in [1.82, 2.24) is 37.2 Å². The lowest BCUT2D eigenvalue weighted by molar-refractivity contribution is -0.144. The first-order valence-corrected chi connectivity index (χ1v) is 18.6. The molecule has 0 heterocycles. The molecule has 0 aliphatic heterocycles. The maximum Gasteiger partial charge on any atom is 0.326 e. The zero-order valence-corrected chi connectivity index (χ0v) is 33.2. The number of hydrogen-bond donors (Lipinski definition) is 12. The van der Waals surface area contributed by atoms with Crippen LogP contribution in [0.25, 0.3) is 0 Å². The number of nitrogens with zero attached hydrogens (tertiary/aromatic N) is 1. The second-order valence-corrected chi connectivity index (χ2v) is 13.3. The van der Waals surface area contributed by atoms with Gasteiger partial charge in [0.05, 0.1) is 6.04 Å². The molecule has 6 atom stereocenters. The number of aliphatic carboxylic acids is 5. The van der Waals surface area contributed by atoms with E-state index in [0.717, 1.165) is 6.92 Å². The van der Waals surface area contributed by atoms with Crippen LogP contribution in [0, 0.1) is 0 Å². The van der Waals surface area contributed by atoms with E-state index in [9.17, 15) is 78.0 Å². The summed E-state index contributed by atoms with van der Waals surface area (Å²) in [5.41, 5.74) is 0. The molecule has 7 amide bonds. The minimum absolute atomic E-state index is 0.242. The van der Waals surface area contributed by atoms with E-state index in [1.807, 2.05) is 0 Å². The van der Waals surface area contributed by atoms with Crippen LogP contribution in [0.1, 0.15) is 90.4 Å². The normalized spacial score (nSPS) is 13.6. The molecule has 0 saturated heterocycles. The van der Waals surface area contributed by atoms with Crippen molar-refractivity contribution in [3.05, 3.63) is 0 Å². The number of rotatable bonds is 32. The average Bonchev–Trinajstić information content (AvgIpc) is 3.16. The Bertz CT molecular complexity index is 1590. The van der Waals surface area contributed by atoms with E-state index >= 15 is 0 Å². The summed E-state index contributed by atoms with van der Waals surface area (Å²) < 4.78 is 0. The third-order valence-corrected chi connectivity index (χ3v) is 8.55. The molecule has 0 unspecified atom stereocenters. The quantitative estimate of drug-likeness (QED) is 0.0235. The monoisotopic (exact) mass is 858 g/mol. The summed E-state index contributed by atoms with van der Waals surface area (Å²) in [6.45, 7) is 4.49. The molecule has 0 spiro atoms. The lowest BCUT2D eigenvalue weighted by atomic mass is 10.1. The van der Waals surface area contributed by atoms with Gasteiger partial charge < -0.3 is 62.8 Å². The molecule has 0 rings (SSSR count). The molecule has 0 saturated carbocycles. The smallest absolute Gasteiger partial charge is 0.326 e. The van der Waals surface area contributed by atoms with E-state index < -0.39 is 152 Å². The predicted octanol–water partition coefficient (Wildman–Crippen LogP) is -3.14. The van der Waals surface area contributed by atoms with Gasteiger partial charge in [-0.3, -0.25) is 33.6 Å². The van der Waals surface area contributed by atoms with Crippen molar-refractivity contribution in [3.63, 3.8) is 0 Å². The number of unbranched alkanes of at least 4 members (excludes halogenated alkanes) is 1. The van der Waals surface area contributed by atoms with Gasteiger partial charge >= 0.3 is 29.8 Å². The highest BCUT2D eigenvalue weighted by molar-refractivity contribution is 5.89. The van der Waals surface area contributed by atoms with Gasteiger partial charge in [-0.2, -0.15) is 0 Å². The van der Waals surface area contributed by atoms with Gasteiger partial charge in [-0.25, -0.2) is 29.0 Å². The van der Waals surface area contributed by atoms with Crippen LogP contribution in [-0.4, -0.2) is 153 Å². The molecule has 60 heavy (non-hydrogen) atoms. The fourth-order valence-corrected chi connectivity index (χ4v) is 5.27. The maximum atomic E-state index is 12.5. The predicted molar refractivity (Wildman–Crippen MR) is 204 cm³/mol. The SMILES string of the molecule is C=NC(=O)[C@H](CCCCNC(=O)CC[C@H](NC(=O)CC[C@H](NC(=O)CC[C@H](NC(=O)CC[C@H](NC(=O)CC[C@H](NC(C)=O)C(=O)O)C(=O)O)C(=O)O)C(=O)O)C(=O)O)NC. The molecule has 0 aromatic heterocycles. The van der Waals surface area contributed by atoms with Gasteiger partial charge in [-0.15, -0.1) is 0 Å². The Labute approximate surface area is 343 Å². The fraction of sp³-hybridized carbons (Fsp3) is 0.629. The summed E-state index contributed by atoms with van der Waals surface area (Å²) in [6.07, 6.45) is -3.34. The van der Waals surface area contributed by atoms with Crippen molar-refractivity contribution in [2.45, 2.75) is 127 Å². The van der Waals surface area contributed by atoms with Crippen molar-refractivity contribution in [2.75, 3.05) is 13.6 Å². The number of aliphatic imine (C=N–C) groups is 1. The zero-order chi connectivity index (χ0) is 45.9. The molecule has 336 valence electrons. The topological polar surface area (TPSA) is 403 Å². The van der Waals surface area contributed by atoms with Gasteiger partial charge in [0.2, 0.25) is 35.4 Å². The first-order valence-electron chi connectivity index (χ1n) is 18.6. The number of hydrogen-bond acceptors (Lipinski definition) is 13. The average molecular weight is 859 g/mol. The van der Waals surface area contributed by atoms with E-state index in [4.69, 9.17) is 5.11 Å². The number of carboxylic acids is 5. The summed E-state index contributed by atoms with van der Waals surface area (Å²) >= 11 is 0. The van der Waals surface area contributed by atoms with Crippen LogP contribution in [0.3, 0.4) is 0 Å². The molecule has 0 aliphatic rings. The van der Waals surface area contributed by atoms with E-state index in [1.165, 1.54) is 0 Å². The Kier molecular flexibility index (Phi) is 25.7. The summed E-state index contributed by atoms with van der Waals surface area (Å²) in [6, 6.07) is -8.44. The molecule has 0 bridgehead atoms. The minimum Gasteiger partial charge on any atom is -0.480 e. The van der Waals surface area contributed by atoms with Crippen LogP contribution in [0.2, 0.25) is 0 Å². The summed E-state index contributed by atoms with van der Waals surface area (Å²) in [4.78, 5) is 146. The summed E-state index contributed by atoms with van der Waals surface area (Å²) in [5, 5.41) is 63.1. The highest BCUT2D eigenvalue weighted by Crippen LogP contribution is 2.08. The molecule has 0 radical (unpaired) electrons. The lowest BCUT2D eigenvalue weighted by Crippen LogP contribution is -2.46.